The van der Waals surface area contributed by atoms with E-state index in [2.05, 4.69) is 15.4 Å². The molecule has 2 aromatic rings. The van der Waals surface area contributed by atoms with Crippen LogP contribution in [0.2, 0.25) is 0 Å². The van der Waals surface area contributed by atoms with Gasteiger partial charge < -0.3 is 15.4 Å². The zero-order valence-electron chi connectivity index (χ0n) is 12.6. The number of thiocarbonyl (C=S) groups is 1. The van der Waals surface area contributed by atoms with Crippen LogP contribution in [0, 0.1) is 6.92 Å². The van der Waals surface area contributed by atoms with Crippen LogP contribution in [0.5, 0.6) is 0 Å². The molecule has 5 heteroatoms. The van der Waals surface area contributed by atoms with E-state index in [-0.39, 0.29) is 5.97 Å². The maximum absolute atomic E-state index is 11.4. The zero-order valence-corrected chi connectivity index (χ0v) is 13.4. The highest BCUT2D eigenvalue weighted by Gasteiger charge is 2.05. The Morgan fingerprint density at radius 3 is 2.45 bits per heavy atom. The average Bonchev–Trinajstić information content (AvgIpc) is 2.55. The van der Waals surface area contributed by atoms with Crippen LogP contribution in [-0.4, -0.2) is 18.2 Å². The number of anilines is 1. The highest BCUT2D eigenvalue weighted by atomic mass is 32.1. The van der Waals surface area contributed by atoms with Gasteiger partial charge in [0.25, 0.3) is 0 Å². The Morgan fingerprint density at radius 2 is 1.82 bits per heavy atom. The lowest BCUT2D eigenvalue weighted by Gasteiger charge is -2.12. The Morgan fingerprint density at radius 1 is 1.14 bits per heavy atom. The quantitative estimate of drug-likeness (QED) is 0.670. The number of hydrogen-bond acceptors (Lipinski definition) is 3. The number of para-hydroxylation sites is 1. The fourth-order valence-electron chi connectivity index (χ4n) is 1.94. The van der Waals surface area contributed by atoms with Gasteiger partial charge in [0.1, 0.15) is 0 Å². The Hall–Kier alpha value is -2.40. The van der Waals surface area contributed by atoms with E-state index in [1.54, 1.807) is 12.1 Å². The van der Waals surface area contributed by atoms with Crippen LogP contribution in [-0.2, 0) is 11.3 Å². The van der Waals surface area contributed by atoms with Gasteiger partial charge in [-0.1, -0.05) is 30.3 Å². The standard InChI is InChI=1S/C17H18N2O2S/c1-12-5-3-4-6-15(12)19-17(22)18-11-13-7-9-14(10-8-13)16(20)21-2/h3-10H,11H2,1-2H3,(H2,18,19,22). The lowest BCUT2D eigenvalue weighted by Crippen LogP contribution is -2.28. The lowest BCUT2D eigenvalue weighted by molar-refractivity contribution is 0.0600. The van der Waals surface area contributed by atoms with Gasteiger partial charge in [-0.3, -0.25) is 0 Å². The summed E-state index contributed by atoms with van der Waals surface area (Å²) < 4.78 is 4.67. The molecule has 0 heterocycles. The second-order valence-electron chi connectivity index (χ2n) is 4.81. The number of nitrogens with one attached hydrogen (secondary N) is 2. The molecule has 0 saturated carbocycles. The van der Waals surface area contributed by atoms with Gasteiger partial charge in [-0.05, 0) is 48.5 Å². The molecule has 0 saturated heterocycles. The van der Waals surface area contributed by atoms with Gasteiger partial charge in [-0.2, -0.15) is 0 Å². The predicted octanol–water partition coefficient (Wildman–Crippen LogP) is 3.27. The number of hydrogen-bond donors (Lipinski definition) is 2. The first-order chi connectivity index (χ1) is 10.6. The summed E-state index contributed by atoms with van der Waals surface area (Å²) in [5.74, 6) is -0.337. The van der Waals surface area contributed by atoms with Gasteiger partial charge in [-0.25, -0.2) is 4.79 Å². The summed E-state index contributed by atoms with van der Waals surface area (Å²) in [6.45, 7) is 2.61. The van der Waals surface area contributed by atoms with Crippen molar-refractivity contribution in [1.82, 2.24) is 5.32 Å². The third kappa shape index (κ3) is 4.30. The van der Waals surface area contributed by atoms with Crippen molar-refractivity contribution in [2.24, 2.45) is 0 Å². The monoisotopic (exact) mass is 314 g/mol. The van der Waals surface area contributed by atoms with Crippen molar-refractivity contribution in [2.75, 3.05) is 12.4 Å². The van der Waals surface area contributed by atoms with E-state index >= 15 is 0 Å². The number of benzene rings is 2. The van der Waals surface area contributed by atoms with Crippen molar-refractivity contribution in [1.29, 1.82) is 0 Å². The molecule has 0 spiro atoms. The molecule has 0 amide bonds. The lowest BCUT2D eigenvalue weighted by atomic mass is 10.1. The Kier molecular flexibility index (Phi) is 5.49. The molecule has 0 aliphatic heterocycles. The van der Waals surface area contributed by atoms with Gasteiger partial charge in [0.2, 0.25) is 0 Å². The van der Waals surface area contributed by atoms with Crippen LogP contribution in [0.1, 0.15) is 21.5 Å². The van der Waals surface area contributed by atoms with E-state index in [1.807, 2.05) is 43.3 Å². The largest absolute Gasteiger partial charge is 0.465 e. The van der Waals surface area contributed by atoms with E-state index in [9.17, 15) is 4.79 Å². The molecule has 2 aromatic carbocycles. The molecule has 0 bridgehead atoms. The first-order valence-corrected chi connectivity index (χ1v) is 7.28. The summed E-state index contributed by atoms with van der Waals surface area (Å²) in [6, 6.07) is 15.2. The van der Waals surface area contributed by atoms with E-state index in [1.165, 1.54) is 7.11 Å². The number of carbonyl (C=O) groups is 1. The minimum Gasteiger partial charge on any atom is -0.465 e. The van der Waals surface area contributed by atoms with Crippen LogP contribution in [0.3, 0.4) is 0 Å². The molecule has 0 aromatic heterocycles. The molecule has 0 radical (unpaired) electrons. The average molecular weight is 314 g/mol. The van der Waals surface area contributed by atoms with Crippen molar-refractivity contribution < 1.29 is 9.53 Å². The molecular weight excluding hydrogens is 296 g/mol. The second kappa shape index (κ2) is 7.56. The Balaban J connectivity index is 1.89. The number of rotatable bonds is 4. The van der Waals surface area contributed by atoms with Crippen LogP contribution in [0.25, 0.3) is 0 Å². The summed E-state index contributed by atoms with van der Waals surface area (Å²) in [7, 11) is 1.37. The van der Waals surface area contributed by atoms with E-state index in [4.69, 9.17) is 12.2 Å². The molecular formula is C17H18N2O2S. The van der Waals surface area contributed by atoms with E-state index in [0.29, 0.717) is 17.2 Å². The molecule has 0 atom stereocenters. The smallest absolute Gasteiger partial charge is 0.337 e. The normalized spacial score (nSPS) is 9.91. The summed E-state index contributed by atoms with van der Waals surface area (Å²) in [5, 5.41) is 6.87. The second-order valence-corrected chi connectivity index (χ2v) is 5.22. The predicted molar refractivity (Wildman–Crippen MR) is 92.0 cm³/mol. The fourth-order valence-corrected chi connectivity index (χ4v) is 2.12. The van der Waals surface area contributed by atoms with Crippen LogP contribution >= 0.6 is 12.2 Å². The Labute approximate surface area is 135 Å². The summed E-state index contributed by atoms with van der Waals surface area (Å²) in [6.07, 6.45) is 0. The first kappa shape index (κ1) is 16.0. The topological polar surface area (TPSA) is 50.4 Å². The summed E-state index contributed by atoms with van der Waals surface area (Å²) >= 11 is 5.28. The van der Waals surface area contributed by atoms with Crippen molar-refractivity contribution in [3.63, 3.8) is 0 Å². The number of ether oxygens (including phenoxy) is 1. The SMILES string of the molecule is COC(=O)c1ccc(CNC(=S)Nc2ccccc2C)cc1. The summed E-state index contributed by atoms with van der Waals surface area (Å²) in [4.78, 5) is 11.4. The van der Waals surface area contributed by atoms with E-state index in [0.717, 1.165) is 16.8 Å². The molecule has 2 N–H and O–H groups in total. The van der Waals surface area contributed by atoms with Crippen LogP contribution in [0.4, 0.5) is 5.69 Å². The maximum Gasteiger partial charge on any atom is 0.337 e. The first-order valence-electron chi connectivity index (χ1n) is 6.88. The molecule has 0 unspecified atom stereocenters. The fraction of sp³-hybridized carbons (Fsp3) is 0.176. The third-order valence-corrected chi connectivity index (χ3v) is 3.47. The third-order valence-electron chi connectivity index (χ3n) is 3.22. The molecule has 0 fully saturated rings. The van der Waals surface area contributed by atoms with Crippen LogP contribution in [0.15, 0.2) is 48.5 Å². The van der Waals surface area contributed by atoms with Crippen molar-refractivity contribution in [3.05, 3.63) is 65.2 Å². The van der Waals surface area contributed by atoms with Crippen molar-refractivity contribution in [2.45, 2.75) is 13.5 Å². The number of esters is 1. The highest BCUT2D eigenvalue weighted by molar-refractivity contribution is 7.80. The molecule has 114 valence electrons. The molecule has 0 aliphatic carbocycles. The molecule has 2 rings (SSSR count). The molecule has 0 aliphatic rings. The van der Waals surface area contributed by atoms with Crippen molar-refractivity contribution in [3.8, 4) is 0 Å². The Bertz CT molecular complexity index is 669. The maximum atomic E-state index is 11.4. The highest BCUT2D eigenvalue weighted by Crippen LogP contribution is 2.13. The number of carbonyl (C=O) groups excluding carboxylic acids is 1. The zero-order chi connectivity index (χ0) is 15.9. The molecule has 22 heavy (non-hydrogen) atoms. The summed E-state index contributed by atoms with van der Waals surface area (Å²) in [5.41, 5.74) is 3.68. The van der Waals surface area contributed by atoms with Gasteiger partial charge in [0, 0.05) is 12.2 Å². The van der Waals surface area contributed by atoms with Crippen molar-refractivity contribution >= 4 is 29.0 Å². The van der Waals surface area contributed by atoms with Gasteiger partial charge in [0.05, 0.1) is 12.7 Å². The van der Waals surface area contributed by atoms with Gasteiger partial charge >= 0.3 is 5.97 Å². The minimum absolute atomic E-state index is 0.337. The number of methoxy groups -OCH3 is 1. The molecule has 4 nitrogen and oxygen atoms in total. The van der Waals surface area contributed by atoms with Gasteiger partial charge in [-0.15, -0.1) is 0 Å². The number of aryl methyl sites for hydroxylation is 1. The van der Waals surface area contributed by atoms with E-state index < -0.39 is 0 Å². The van der Waals surface area contributed by atoms with Gasteiger partial charge in [0.15, 0.2) is 5.11 Å². The minimum atomic E-state index is -0.337. The van der Waals surface area contributed by atoms with Crippen LogP contribution < -0.4 is 10.6 Å².